The second-order valence-corrected chi connectivity index (χ2v) is 3.80. The summed E-state index contributed by atoms with van der Waals surface area (Å²) in [6, 6.07) is 0. The molecule has 58 valence electrons. The SMILES string of the molecule is C=C(O)C(C)(C)C1CCC1. The van der Waals surface area contributed by atoms with Crippen molar-refractivity contribution in [3.63, 3.8) is 0 Å². The molecule has 0 amide bonds. The maximum absolute atomic E-state index is 9.22. The van der Waals surface area contributed by atoms with E-state index < -0.39 is 0 Å². The molecular weight excluding hydrogens is 124 g/mol. The Hall–Kier alpha value is -0.460. The summed E-state index contributed by atoms with van der Waals surface area (Å²) < 4.78 is 0. The maximum atomic E-state index is 9.22. The lowest BCUT2D eigenvalue weighted by atomic mass is 9.66. The van der Waals surface area contributed by atoms with Crippen LogP contribution in [0, 0.1) is 11.3 Å². The molecule has 0 spiro atoms. The van der Waals surface area contributed by atoms with E-state index in [2.05, 4.69) is 20.4 Å². The fourth-order valence-electron chi connectivity index (χ4n) is 1.37. The Bertz CT molecular complexity index is 143. The number of allylic oxidation sites excluding steroid dienone is 1. The van der Waals surface area contributed by atoms with Gasteiger partial charge in [0.15, 0.2) is 0 Å². The first-order valence-electron chi connectivity index (χ1n) is 3.93. The number of rotatable bonds is 2. The zero-order valence-corrected chi connectivity index (χ0v) is 6.85. The van der Waals surface area contributed by atoms with Crippen molar-refractivity contribution in [3.8, 4) is 0 Å². The molecule has 1 fully saturated rings. The summed E-state index contributed by atoms with van der Waals surface area (Å²) in [5, 5.41) is 9.22. The lowest BCUT2D eigenvalue weighted by molar-refractivity contribution is 0.108. The van der Waals surface area contributed by atoms with E-state index in [1.165, 1.54) is 19.3 Å². The molecule has 1 heteroatoms. The molecule has 0 aromatic carbocycles. The molecule has 1 saturated carbocycles. The molecule has 0 heterocycles. The van der Waals surface area contributed by atoms with Crippen LogP contribution in [-0.4, -0.2) is 5.11 Å². The molecule has 0 radical (unpaired) electrons. The molecule has 1 nitrogen and oxygen atoms in total. The molecule has 0 unspecified atom stereocenters. The number of hydrogen-bond acceptors (Lipinski definition) is 1. The molecule has 1 aliphatic rings. The summed E-state index contributed by atoms with van der Waals surface area (Å²) in [4.78, 5) is 0. The van der Waals surface area contributed by atoms with Crippen molar-refractivity contribution >= 4 is 0 Å². The van der Waals surface area contributed by atoms with E-state index >= 15 is 0 Å². The minimum atomic E-state index is -0.0434. The number of hydrogen-bond donors (Lipinski definition) is 1. The van der Waals surface area contributed by atoms with Gasteiger partial charge in [-0.2, -0.15) is 0 Å². The van der Waals surface area contributed by atoms with Gasteiger partial charge in [0, 0.05) is 5.41 Å². The van der Waals surface area contributed by atoms with Gasteiger partial charge in [-0.25, -0.2) is 0 Å². The van der Waals surface area contributed by atoms with E-state index in [1.54, 1.807) is 0 Å². The highest BCUT2D eigenvalue weighted by atomic mass is 16.3. The zero-order chi connectivity index (χ0) is 7.78. The average molecular weight is 140 g/mol. The van der Waals surface area contributed by atoms with Crippen LogP contribution in [0.25, 0.3) is 0 Å². The molecule has 1 aliphatic carbocycles. The van der Waals surface area contributed by atoms with Crippen molar-refractivity contribution < 1.29 is 5.11 Å². The second kappa shape index (κ2) is 2.30. The highest BCUT2D eigenvalue weighted by Crippen LogP contribution is 2.44. The van der Waals surface area contributed by atoms with Crippen LogP contribution >= 0.6 is 0 Å². The molecule has 0 atom stereocenters. The third-order valence-corrected chi connectivity index (χ3v) is 2.87. The highest BCUT2D eigenvalue weighted by molar-refractivity contribution is 5.02. The summed E-state index contributed by atoms with van der Waals surface area (Å²) in [5.74, 6) is 1.02. The fraction of sp³-hybridized carbons (Fsp3) is 0.778. The largest absolute Gasteiger partial charge is 0.512 e. The Morgan fingerprint density at radius 3 is 2.10 bits per heavy atom. The third-order valence-electron chi connectivity index (χ3n) is 2.87. The van der Waals surface area contributed by atoms with Gasteiger partial charge in [0.05, 0.1) is 5.76 Å². The van der Waals surface area contributed by atoms with E-state index in [4.69, 9.17) is 0 Å². The van der Waals surface area contributed by atoms with Crippen molar-refractivity contribution in [1.82, 2.24) is 0 Å². The fourth-order valence-corrected chi connectivity index (χ4v) is 1.37. The number of aliphatic hydroxyl groups excluding tert-OH is 1. The minimum absolute atomic E-state index is 0.0434. The highest BCUT2D eigenvalue weighted by Gasteiger charge is 2.35. The van der Waals surface area contributed by atoms with E-state index in [-0.39, 0.29) is 5.41 Å². The first-order chi connectivity index (χ1) is 4.55. The van der Waals surface area contributed by atoms with E-state index in [1.807, 2.05) is 0 Å². The molecule has 0 aliphatic heterocycles. The Morgan fingerprint density at radius 2 is 2.00 bits per heavy atom. The second-order valence-electron chi connectivity index (χ2n) is 3.80. The molecule has 10 heavy (non-hydrogen) atoms. The zero-order valence-electron chi connectivity index (χ0n) is 6.85. The molecule has 0 aromatic heterocycles. The van der Waals surface area contributed by atoms with E-state index in [0.717, 1.165) is 0 Å². The van der Waals surface area contributed by atoms with Gasteiger partial charge in [-0.3, -0.25) is 0 Å². The topological polar surface area (TPSA) is 20.2 Å². The lowest BCUT2D eigenvalue weighted by Gasteiger charge is -2.39. The quantitative estimate of drug-likeness (QED) is 0.585. The van der Waals surface area contributed by atoms with Crippen molar-refractivity contribution in [2.24, 2.45) is 11.3 Å². The van der Waals surface area contributed by atoms with Gasteiger partial charge in [0.25, 0.3) is 0 Å². The minimum Gasteiger partial charge on any atom is -0.512 e. The maximum Gasteiger partial charge on any atom is 0.0909 e. The van der Waals surface area contributed by atoms with Gasteiger partial charge in [0.2, 0.25) is 0 Å². The van der Waals surface area contributed by atoms with E-state index in [9.17, 15) is 5.11 Å². The predicted octanol–water partition coefficient (Wildman–Crippen LogP) is 2.88. The standard InChI is InChI=1S/C9H16O/c1-7(10)9(2,3)8-5-4-6-8/h8,10H,1,4-6H2,2-3H3. The normalized spacial score (nSPS) is 20.2. The Morgan fingerprint density at radius 1 is 1.50 bits per heavy atom. The molecular formula is C9H16O. The van der Waals surface area contributed by atoms with Crippen LogP contribution in [0.4, 0.5) is 0 Å². The van der Waals surface area contributed by atoms with E-state index in [0.29, 0.717) is 11.7 Å². The molecule has 0 saturated heterocycles. The summed E-state index contributed by atoms with van der Waals surface area (Å²) in [7, 11) is 0. The van der Waals surface area contributed by atoms with Gasteiger partial charge >= 0.3 is 0 Å². The molecule has 0 bridgehead atoms. The van der Waals surface area contributed by atoms with Crippen LogP contribution in [0.2, 0.25) is 0 Å². The van der Waals surface area contributed by atoms with Crippen LogP contribution in [-0.2, 0) is 0 Å². The van der Waals surface area contributed by atoms with Crippen LogP contribution in [0.15, 0.2) is 12.3 Å². The van der Waals surface area contributed by atoms with Gasteiger partial charge in [-0.05, 0) is 18.8 Å². The first-order valence-corrected chi connectivity index (χ1v) is 3.93. The third kappa shape index (κ3) is 1.05. The van der Waals surface area contributed by atoms with Crippen LogP contribution in [0.1, 0.15) is 33.1 Å². The Labute approximate surface area is 62.8 Å². The summed E-state index contributed by atoms with van der Waals surface area (Å²) in [6.45, 7) is 7.72. The van der Waals surface area contributed by atoms with Crippen molar-refractivity contribution in [2.75, 3.05) is 0 Å². The predicted molar refractivity (Wildman–Crippen MR) is 42.9 cm³/mol. The van der Waals surface area contributed by atoms with Gasteiger partial charge in [-0.15, -0.1) is 0 Å². The summed E-state index contributed by atoms with van der Waals surface area (Å²) in [6.07, 6.45) is 3.83. The summed E-state index contributed by atoms with van der Waals surface area (Å²) >= 11 is 0. The number of aliphatic hydroxyl groups is 1. The van der Waals surface area contributed by atoms with Crippen molar-refractivity contribution in [1.29, 1.82) is 0 Å². The van der Waals surface area contributed by atoms with Crippen LogP contribution in [0.3, 0.4) is 0 Å². The molecule has 1 N–H and O–H groups in total. The Kier molecular flexibility index (Phi) is 1.76. The van der Waals surface area contributed by atoms with Gasteiger partial charge in [-0.1, -0.05) is 26.8 Å². The summed E-state index contributed by atoms with van der Waals surface area (Å²) in [5.41, 5.74) is -0.0434. The van der Waals surface area contributed by atoms with Crippen LogP contribution < -0.4 is 0 Å². The van der Waals surface area contributed by atoms with Gasteiger partial charge < -0.3 is 5.11 Å². The smallest absolute Gasteiger partial charge is 0.0909 e. The molecule has 1 rings (SSSR count). The average Bonchev–Trinajstić information content (AvgIpc) is 1.57. The lowest BCUT2D eigenvalue weighted by Crippen LogP contribution is -2.31. The van der Waals surface area contributed by atoms with Crippen molar-refractivity contribution in [3.05, 3.63) is 12.3 Å². The van der Waals surface area contributed by atoms with Crippen molar-refractivity contribution in [2.45, 2.75) is 33.1 Å². The Balaban J connectivity index is 2.57. The first kappa shape index (κ1) is 7.64. The van der Waals surface area contributed by atoms with Gasteiger partial charge in [0.1, 0.15) is 0 Å². The van der Waals surface area contributed by atoms with Crippen LogP contribution in [0.5, 0.6) is 0 Å². The monoisotopic (exact) mass is 140 g/mol. The molecule has 0 aromatic rings.